The number of sulfonamides is 1. The van der Waals surface area contributed by atoms with E-state index in [-0.39, 0.29) is 10.5 Å². The van der Waals surface area contributed by atoms with E-state index in [2.05, 4.69) is 4.72 Å². The van der Waals surface area contributed by atoms with Crippen LogP contribution in [0.25, 0.3) is 11.0 Å². The van der Waals surface area contributed by atoms with Crippen LogP contribution >= 0.6 is 0 Å². The quantitative estimate of drug-likeness (QED) is 0.676. The molecule has 0 amide bonds. The maximum absolute atomic E-state index is 12.9. The monoisotopic (exact) mass is 387 g/mol. The second-order valence-electron chi connectivity index (χ2n) is 6.57. The lowest BCUT2D eigenvalue weighted by Crippen LogP contribution is -2.16. The van der Waals surface area contributed by atoms with Crippen molar-refractivity contribution in [3.05, 3.63) is 58.3 Å². The van der Waals surface area contributed by atoms with Gasteiger partial charge in [-0.3, -0.25) is 4.72 Å². The fourth-order valence-corrected chi connectivity index (χ4v) is 4.94. The van der Waals surface area contributed by atoms with E-state index in [0.717, 1.165) is 5.56 Å². The first-order valence-corrected chi connectivity index (χ1v) is 9.84. The molecule has 7 heteroatoms. The van der Waals surface area contributed by atoms with Crippen LogP contribution in [0.5, 0.6) is 0 Å². The molecule has 2 aromatic carbocycles. The average molecular weight is 387 g/mol. The molecule has 3 rings (SSSR count). The molecule has 0 atom stereocenters. The number of furan rings is 1. The fourth-order valence-electron chi connectivity index (χ4n) is 3.44. The molecular formula is C20H21NO5S. The van der Waals surface area contributed by atoms with Gasteiger partial charge in [-0.15, -0.1) is 0 Å². The summed E-state index contributed by atoms with van der Waals surface area (Å²) in [7, 11) is -2.50. The first-order valence-electron chi connectivity index (χ1n) is 8.36. The summed E-state index contributed by atoms with van der Waals surface area (Å²) in [5, 5.41) is 0.497. The first-order chi connectivity index (χ1) is 12.6. The van der Waals surface area contributed by atoms with E-state index >= 15 is 0 Å². The molecule has 3 aromatic rings. The summed E-state index contributed by atoms with van der Waals surface area (Å²) < 4.78 is 38.9. The predicted molar refractivity (Wildman–Crippen MR) is 104 cm³/mol. The van der Waals surface area contributed by atoms with Crippen molar-refractivity contribution in [1.29, 1.82) is 0 Å². The van der Waals surface area contributed by atoms with E-state index < -0.39 is 16.0 Å². The lowest BCUT2D eigenvalue weighted by atomic mass is 10.1. The van der Waals surface area contributed by atoms with Gasteiger partial charge in [-0.25, -0.2) is 13.2 Å². The van der Waals surface area contributed by atoms with Gasteiger partial charge in [-0.1, -0.05) is 17.7 Å². The van der Waals surface area contributed by atoms with Gasteiger partial charge in [0.05, 0.1) is 12.0 Å². The Balaban J connectivity index is 2.08. The predicted octanol–water partition coefficient (Wildman–Crippen LogP) is 4.25. The van der Waals surface area contributed by atoms with Gasteiger partial charge in [-0.2, -0.15) is 0 Å². The minimum atomic E-state index is -3.79. The standard InChI is InChI=1S/C20H21NO5S/c1-11-8-12(2)19(13(3)9-11)27(23,24)21-15-6-7-17-16(10-15)18(14(4)26-17)20(22)25-5/h6-10,21H,1-5H3. The Morgan fingerprint density at radius 3 is 2.26 bits per heavy atom. The van der Waals surface area contributed by atoms with E-state index in [1.54, 1.807) is 39.0 Å². The minimum absolute atomic E-state index is 0.254. The molecule has 1 heterocycles. The van der Waals surface area contributed by atoms with E-state index in [9.17, 15) is 13.2 Å². The molecule has 0 spiro atoms. The number of hydrogen-bond acceptors (Lipinski definition) is 5. The van der Waals surface area contributed by atoms with Crippen LogP contribution in [0.1, 0.15) is 32.8 Å². The van der Waals surface area contributed by atoms with Crippen molar-refractivity contribution in [3.8, 4) is 0 Å². The number of ether oxygens (including phenoxy) is 1. The molecule has 0 bridgehead atoms. The number of aryl methyl sites for hydroxylation is 4. The number of carbonyl (C=O) groups is 1. The largest absolute Gasteiger partial charge is 0.465 e. The van der Waals surface area contributed by atoms with Crippen LogP contribution in [0.4, 0.5) is 5.69 Å². The number of esters is 1. The number of anilines is 1. The van der Waals surface area contributed by atoms with Crippen molar-refractivity contribution >= 4 is 32.6 Å². The molecule has 0 radical (unpaired) electrons. The van der Waals surface area contributed by atoms with E-state index in [1.807, 2.05) is 19.1 Å². The Hall–Kier alpha value is -2.80. The summed E-state index contributed by atoms with van der Waals surface area (Å²) in [6, 6.07) is 8.47. The van der Waals surface area contributed by atoms with Gasteiger partial charge in [0, 0.05) is 11.1 Å². The number of methoxy groups -OCH3 is 1. The average Bonchev–Trinajstić information content (AvgIpc) is 2.87. The maximum Gasteiger partial charge on any atom is 0.342 e. The zero-order valence-electron chi connectivity index (χ0n) is 15.8. The highest BCUT2D eigenvalue weighted by atomic mass is 32.2. The number of nitrogens with one attached hydrogen (secondary N) is 1. The van der Waals surface area contributed by atoms with Gasteiger partial charge in [0.2, 0.25) is 0 Å². The van der Waals surface area contributed by atoms with Crippen molar-refractivity contribution < 1.29 is 22.4 Å². The summed E-state index contributed by atoms with van der Waals surface area (Å²) in [6.07, 6.45) is 0. The third-order valence-corrected chi connectivity index (χ3v) is 6.06. The molecule has 0 aliphatic carbocycles. The SMILES string of the molecule is COC(=O)c1c(C)oc2ccc(NS(=O)(=O)c3c(C)cc(C)cc3C)cc12. The highest BCUT2D eigenvalue weighted by Gasteiger charge is 2.22. The Kier molecular flexibility index (Phi) is 4.73. The summed E-state index contributed by atoms with van der Waals surface area (Å²) >= 11 is 0. The number of benzene rings is 2. The van der Waals surface area contributed by atoms with Gasteiger partial charge in [0.25, 0.3) is 10.0 Å². The second-order valence-corrected chi connectivity index (χ2v) is 8.19. The van der Waals surface area contributed by atoms with Gasteiger partial charge in [-0.05, 0) is 57.0 Å². The van der Waals surface area contributed by atoms with Crippen LogP contribution < -0.4 is 4.72 Å². The van der Waals surface area contributed by atoms with Gasteiger partial charge in [0.1, 0.15) is 16.9 Å². The third-order valence-electron chi connectivity index (χ3n) is 4.38. The Labute approximate surface area is 158 Å². The van der Waals surface area contributed by atoms with Crippen molar-refractivity contribution in [3.63, 3.8) is 0 Å². The van der Waals surface area contributed by atoms with Gasteiger partial charge >= 0.3 is 5.97 Å². The molecule has 0 unspecified atom stereocenters. The zero-order chi connectivity index (χ0) is 19.9. The highest BCUT2D eigenvalue weighted by molar-refractivity contribution is 7.92. The maximum atomic E-state index is 12.9. The zero-order valence-corrected chi connectivity index (χ0v) is 16.7. The second kappa shape index (κ2) is 6.74. The molecule has 1 aromatic heterocycles. The van der Waals surface area contributed by atoms with E-state index in [4.69, 9.17) is 9.15 Å². The smallest absolute Gasteiger partial charge is 0.342 e. The van der Waals surface area contributed by atoms with Crippen molar-refractivity contribution in [1.82, 2.24) is 0 Å². The highest BCUT2D eigenvalue weighted by Crippen LogP contribution is 2.30. The van der Waals surface area contributed by atoms with Crippen LogP contribution in [0.15, 0.2) is 39.6 Å². The summed E-state index contributed by atoms with van der Waals surface area (Å²) in [6.45, 7) is 7.13. The summed E-state index contributed by atoms with van der Waals surface area (Å²) in [4.78, 5) is 12.3. The molecule has 0 aliphatic heterocycles. The molecule has 6 nitrogen and oxygen atoms in total. The molecule has 1 N–H and O–H groups in total. The molecule has 0 saturated carbocycles. The number of carbonyl (C=O) groups excluding carboxylic acids is 1. The number of hydrogen-bond donors (Lipinski definition) is 1. The summed E-state index contributed by atoms with van der Waals surface area (Å²) in [5.41, 5.74) is 3.47. The van der Waals surface area contributed by atoms with Crippen LogP contribution in [-0.4, -0.2) is 21.5 Å². The lowest BCUT2D eigenvalue weighted by Gasteiger charge is -2.14. The van der Waals surface area contributed by atoms with Crippen molar-refractivity contribution in [2.75, 3.05) is 11.8 Å². The Morgan fingerprint density at radius 1 is 1.04 bits per heavy atom. The van der Waals surface area contributed by atoms with Gasteiger partial charge in [0.15, 0.2) is 0 Å². The first kappa shape index (κ1) is 19.0. The van der Waals surface area contributed by atoms with Gasteiger partial charge < -0.3 is 9.15 Å². The van der Waals surface area contributed by atoms with Crippen LogP contribution in [-0.2, 0) is 14.8 Å². The lowest BCUT2D eigenvalue weighted by molar-refractivity contribution is 0.0600. The van der Waals surface area contributed by atoms with E-state index in [0.29, 0.717) is 33.5 Å². The van der Waals surface area contributed by atoms with Crippen LogP contribution in [0.2, 0.25) is 0 Å². The van der Waals surface area contributed by atoms with Crippen molar-refractivity contribution in [2.45, 2.75) is 32.6 Å². The molecule has 0 saturated heterocycles. The Bertz CT molecular complexity index is 1140. The Morgan fingerprint density at radius 2 is 1.67 bits per heavy atom. The molecule has 0 fully saturated rings. The van der Waals surface area contributed by atoms with Crippen LogP contribution in [0.3, 0.4) is 0 Å². The molecular weight excluding hydrogens is 366 g/mol. The fraction of sp³-hybridized carbons (Fsp3) is 0.250. The number of rotatable bonds is 4. The van der Waals surface area contributed by atoms with E-state index in [1.165, 1.54) is 7.11 Å². The number of fused-ring (bicyclic) bond motifs is 1. The normalized spacial score (nSPS) is 11.6. The van der Waals surface area contributed by atoms with Crippen molar-refractivity contribution in [2.24, 2.45) is 0 Å². The topological polar surface area (TPSA) is 85.6 Å². The molecule has 27 heavy (non-hydrogen) atoms. The molecule has 142 valence electrons. The molecule has 0 aliphatic rings. The summed E-state index contributed by atoms with van der Waals surface area (Å²) in [5.74, 6) is -0.112. The van der Waals surface area contributed by atoms with Crippen LogP contribution in [0, 0.1) is 27.7 Å². The third kappa shape index (κ3) is 3.42. The minimum Gasteiger partial charge on any atom is -0.465 e.